The monoisotopic (exact) mass is 266 g/mol. The van der Waals surface area contributed by atoms with E-state index < -0.39 is 0 Å². The second-order valence-corrected chi connectivity index (χ2v) is 6.30. The summed E-state index contributed by atoms with van der Waals surface area (Å²) in [6.07, 6.45) is 7.13. The second-order valence-electron chi connectivity index (χ2n) is 4.24. The van der Waals surface area contributed by atoms with Gasteiger partial charge in [-0.1, -0.05) is 18.9 Å². The molecule has 1 nitrogen and oxygen atoms in total. The van der Waals surface area contributed by atoms with Crippen LogP contribution in [0, 0.1) is 0 Å². The molecule has 0 aromatic carbocycles. The number of unbranched alkanes of at least 4 members (excludes halogenated alkanes) is 3. The number of fused-ring (bicyclic) bond motifs is 1. The van der Waals surface area contributed by atoms with Crippen LogP contribution < -0.4 is 0 Å². The van der Waals surface area contributed by atoms with E-state index >= 15 is 0 Å². The maximum Gasteiger partial charge on any atom is 0.0882 e. The zero-order valence-electron chi connectivity index (χ0n) is 9.89. The third kappa shape index (κ3) is 3.41. The molecule has 92 valence electrons. The lowest BCUT2D eigenvalue weighted by Gasteiger charge is -2.07. The first-order valence-corrected chi connectivity index (χ1v) is 7.77. The van der Waals surface area contributed by atoms with Crippen LogP contribution in [0.15, 0.2) is 30.2 Å². The van der Waals surface area contributed by atoms with Crippen LogP contribution in [0.1, 0.15) is 43.1 Å². The average Bonchev–Trinajstić information content (AvgIpc) is 2.88. The highest BCUT2D eigenvalue weighted by Crippen LogP contribution is 2.34. The van der Waals surface area contributed by atoms with E-state index in [1.54, 1.807) is 22.7 Å². The molecule has 2 aromatic rings. The minimum absolute atomic E-state index is 0.275. The van der Waals surface area contributed by atoms with Crippen LogP contribution in [-0.2, 0) is 0 Å². The zero-order valence-corrected chi connectivity index (χ0v) is 11.5. The average molecular weight is 266 g/mol. The predicted molar refractivity (Wildman–Crippen MR) is 77.9 cm³/mol. The first-order valence-electron chi connectivity index (χ1n) is 6.07. The van der Waals surface area contributed by atoms with Crippen LogP contribution >= 0.6 is 22.7 Å². The van der Waals surface area contributed by atoms with Crippen molar-refractivity contribution in [2.75, 3.05) is 0 Å². The van der Waals surface area contributed by atoms with Crippen LogP contribution in [-0.4, -0.2) is 5.11 Å². The standard InChI is InChI=1S/C14H18OS2/c1-2-3-4-5-6-7-11(15)13-10-14-12(17-13)8-9-16-14/h2,8-11,15H,1,3-7H2. The molecule has 1 unspecified atom stereocenters. The van der Waals surface area contributed by atoms with Gasteiger partial charge in [0.25, 0.3) is 0 Å². The molecule has 0 spiro atoms. The fraction of sp³-hybridized carbons (Fsp3) is 0.429. The highest BCUT2D eigenvalue weighted by molar-refractivity contribution is 7.26. The number of thiophene rings is 2. The first-order chi connectivity index (χ1) is 8.31. The maximum atomic E-state index is 10.1. The number of aliphatic hydroxyl groups excluding tert-OH is 1. The number of rotatable bonds is 7. The molecule has 0 bridgehead atoms. The molecular weight excluding hydrogens is 248 g/mol. The largest absolute Gasteiger partial charge is 0.388 e. The van der Waals surface area contributed by atoms with Crippen LogP contribution in [0.2, 0.25) is 0 Å². The third-order valence-electron chi connectivity index (χ3n) is 2.87. The van der Waals surface area contributed by atoms with Crippen LogP contribution in [0.25, 0.3) is 9.40 Å². The van der Waals surface area contributed by atoms with Gasteiger partial charge in [0.15, 0.2) is 0 Å². The van der Waals surface area contributed by atoms with E-state index in [0.717, 1.165) is 24.1 Å². The Morgan fingerprint density at radius 1 is 1.29 bits per heavy atom. The third-order valence-corrected chi connectivity index (χ3v) is 5.07. The van der Waals surface area contributed by atoms with Crippen molar-refractivity contribution >= 4 is 32.1 Å². The molecule has 17 heavy (non-hydrogen) atoms. The molecule has 0 amide bonds. The first kappa shape index (κ1) is 12.8. The van der Waals surface area contributed by atoms with Crippen molar-refractivity contribution in [1.29, 1.82) is 0 Å². The number of allylic oxidation sites excluding steroid dienone is 1. The summed E-state index contributed by atoms with van der Waals surface area (Å²) in [4.78, 5) is 1.12. The predicted octanol–water partition coefficient (Wildman–Crippen LogP) is 5.13. The summed E-state index contributed by atoms with van der Waals surface area (Å²) >= 11 is 3.47. The molecule has 0 radical (unpaired) electrons. The van der Waals surface area contributed by atoms with Gasteiger partial charge < -0.3 is 5.11 Å². The summed E-state index contributed by atoms with van der Waals surface area (Å²) in [6, 6.07) is 4.27. The van der Waals surface area contributed by atoms with E-state index in [4.69, 9.17) is 0 Å². The van der Waals surface area contributed by atoms with Gasteiger partial charge in [0.05, 0.1) is 6.10 Å². The van der Waals surface area contributed by atoms with Gasteiger partial charge in [-0.05, 0) is 36.8 Å². The Labute approximate surface area is 110 Å². The summed E-state index contributed by atoms with van der Waals surface area (Å²) < 4.78 is 2.60. The fourth-order valence-electron chi connectivity index (χ4n) is 1.89. The van der Waals surface area contributed by atoms with Gasteiger partial charge in [0, 0.05) is 14.3 Å². The molecule has 0 saturated carbocycles. The summed E-state index contributed by atoms with van der Waals surface area (Å²) in [7, 11) is 0. The maximum absolute atomic E-state index is 10.1. The van der Waals surface area contributed by atoms with Crippen LogP contribution in [0.4, 0.5) is 0 Å². The number of hydrogen-bond acceptors (Lipinski definition) is 3. The Hall–Kier alpha value is -0.640. The summed E-state index contributed by atoms with van der Waals surface area (Å²) in [5, 5.41) is 12.2. The van der Waals surface area contributed by atoms with E-state index in [9.17, 15) is 5.11 Å². The highest BCUT2D eigenvalue weighted by atomic mass is 32.1. The molecule has 1 N–H and O–H groups in total. The second kappa shape index (κ2) is 6.34. The van der Waals surface area contributed by atoms with E-state index in [1.807, 2.05) is 6.08 Å². The molecule has 0 aliphatic heterocycles. The van der Waals surface area contributed by atoms with Crippen LogP contribution in [0.5, 0.6) is 0 Å². The Balaban J connectivity index is 1.81. The molecule has 3 heteroatoms. The van der Waals surface area contributed by atoms with Crippen molar-refractivity contribution in [3.05, 3.63) is 35.0 Å². The lowest BCUT2D eigenvalue weighted by Crippen LogP contribution is -1.94. The van der Waals surface area contributed by atoms with Gasteiger partial charge in [-0.2, -0.15) is 0 Å². The molecule has 2 heterocycles. The van der Waals surface area contributed by atoms with Gasteiger partial charge in [0.1, 0.15) is 0 Å². The zero-order chi connectivity index (χ0) is 12.1. The highest BCUT2D eigenvalue weighted by Gasteiger charge is 2.11. The van der Waals surface area contributed by atoms with Crippen molar-refractivity contribution in [1.82, 2.24) is 0 Å². The minimum Gasteiger partial charge on any atom is -0.388 e. The fourth-order valence-corrected chi connectivity index (χ4v) is 4.03. The van der Waals surface area contributed by atoms with E-state index in [2.05, 4.69) is 24.1 Å². The van der Waals surface area contributed by atoms with Gasteiger partial charge in [-0.3, -0.25) is 0 Å². The molecule has 1 atom stereocenters. The van der Waals surface area contributed by atoms with Crippen molar-refractivity contribution in [3.63, 3.8) is 0 Å². The Morgan fingerprint density at radius 2 is 2.18 bits per heavy atom. The molecule has 0 aliphatic carbocycles. The Bertz CT molecular complexity index is 441. The van der Waals surface area contributed by atoms with E-state index in [-0.39, 0.29) is 6.10 Å². The van der Waals surface area contributed by atoms with Crippen molar-refractivity contribution < 1.29 is 5.11 Å². The number of hydrogen-bond donors (Lipinski definition) is 1. The molecule has 2 aromatic heterocycles. The minimum atomic E-state index is -0.275. The topological polar surface area (TPSA) is 20.2 Å². The van der Waals surface area contributed by atoms with Gasteiger partial charge >= 0.3 is 0 Å². The smallest absolute Gasteiger partial charge is 0.0882 e. The molecule has 2 rings (SSSR count). The van der Waals surface area contributed by atoms with Crippen molar-refractivity contribution in [3.8, 4) is 0 Å². The van der Waals surface area contributed by atoms with E-state index in [0.29, 0.717) is 0 Å². The van der Waals surface area contributed by atoms with Gasteiger partial charge in [0.2, 0.25) is 0 Å². The van der Waals surface area contributed by atoms with Crippen molar-refractivity contribution in [2.45, 2.75) is 38.2 Å². The summed E-state index contributed by atoms with van der Waals surface area (Å²) in [6.45, 7) is 3.71. The summed E-state index contributed by atoms with van der Waals surface area (Å²) in [5.74, 6) is 0. The summed E-state index contributed by atoms with van der Waals surface area (Å²) in [5.41, 5.74) is 0. The molecule has 0 saturated heterocycles. The van der Waals surface area contributed by atoms with Gasteiger partial charge in [-0.15, -0.1) is 29.3 Å². The number of aliphatic hydroxyl groups is 1. The molecule has 0 fully saturated rings. The Kier molecular flexibility index (Phi) is 4.77. The molecule has 0 aliphatic rings. The normalized spacial score (nSPS) is 13.0. The quantitative estimate of drug-likeness (QED) is 0.544. The van der Waals surface area contributed by atoms with E-state index in [1.165, 1.54) is 22.2 Å². The Morgan fingerprint density at radius 3 is 2.94 bits per heavy atom. The van der Waals surface area contributed by atoms with Gasteiger partial charge in [-0.25, -0.2) is 0 Å². The van der Waals surface area contributed by atoms with Crippen molar-refractivity contribution in [2.24, 2.45) is 0 Å². The lowest BCUT2D eigenvalue weighted by atomic mass is 10.1. The SMILES string of the molecule is C=CCCCCCC(O)c1cc2sccc2s1. The molecular formula is C14H18OS2. The van der Waals surface area contributed by atoms with Crippen LogP contribution in [0.3, 0.4) is 0 Å². The lowest BCUT2D eigenvalue weighted by molar-refractivity contribution is 0.167.